The summed E-state index contributed by atoms with van der Waals surface area (Å²) >= 11 is 0. The second kappa shape index (κ2) is 7.17. The molecule has 0 aliphatic rings. The van der Waals surface area contributed by atoms with Crippen LogP contribution in [0.4, 0.5) is 4.39 Å². The number of aryl methyl sites for hydroxylation is 1. The molecule has 1 aromatic heterocycles. The van der Waals surface area contributed by atoms with Crippen molar-refractivity contribution in [1.82, 2.24) is 4.98 Å². The van der Waals surface area contributed by atoms with Crippen molar-refractivity contribution in [2.75, 3.05) is 13.2 Å². The van der Waals surface area contributed by atoms with Crippen molar-refractivity contribution in [2.45, 2.75) is 6.92 Å². The van der Waals surface area contributed by atoms with Crippen LogP contribution < -0.4 is 4.74 Å². The van der Waals surface area contributed by atoms with E-state index in [2.05, 4.69) is 4.98 Å². The lowest BCUT2D eigenvalue weighted by atomic mass is 10.1. The molecule has 0 aliphatic carbocycles. The molecule has 0 radical (unpaired) electrons. The first kappa shape index (κ1) is 16.7. The molecular formula is C19H16FNO4. The lowest BCUT2D eigenvalue weighted by Gasteiger charge is -2.07. The van der Waals surface area contributed by atoms with E-state index in [9.17, 15) is 14.0 Å². The minimum Gasteiger partial charge on any atom is -0.482 e. The summed E-state index contributed by atoms with van der Waals surface area (Å²) in [6, 6.07) is 12.8. The third-order valence-corrected chi connectivity index (χ3v) is 3.69. The number of ether oxygens (including phenoxy) is 2. The fraction of sp³-hybridized carbons (Fsp3) is 0.158. The molecule has 0 bridgehead atoms. The van der Waals surface area contributed by atoms with Crippen LogP contribution in [0.2, 0.25) is 0 Å². The molecule has 1 N–H and O–H groups in total. The van der Waals surface area contributed by atoms with Crippen molar-refractivity contribution in [1.29, 1.82) is 0 Å². The number of carbonyl (C=O) groups excluding carboxylic acids is 2. The van der Waals surface area contributed by atoms with Crippen LogP contribution in [0.5, 0.6) is 5.75 Å². The Hall–Kier alpha value is -3.15. The predicted octanol–water partition coefficient (Wildman–Crippen LogP) is 3.42. The third-order valence-electron chi connectivity index (χ3n) is 3.69. The topological polar surface area (TPSA) is 68.4 Å². The number of H-pyrrole nitrogens is 1. The average Bonchev–Trinajstić information content (AvgIpc) is 2.93. The van der Waals surface area contributed by atoms with Crippen molar-refractivity contribution in [2.24, 2.45) is 0 Å². The van der Waals surface area contributed by atoms with Crippen LogP contribution in [-0.4, -0.2) is 30.0 Å². The first-order chi connectivity index (χ1) is 12.0. The number of aromatic nitrogens is 1. The Morgan fingerprint density at radius 1 is 1.08 bits per heavy atom. The molecular weight excluding hydrogens is 325 g/mol. The number of rotatable bonds is 6. The molecule has 1 heterocycles. The molecule has 2 aromatic carbocycles. The molecule has 5 nitrogen and oxygen atoms in total. The van der Waals surface area contributed by atoms with Gasteiger partial charge in [-0.1, -0.05) is 24.3 Å². The van der Waals surface area contributed by atoms with E-state index < -0.39 is 18.4 Å². The number of hydrogen-bond acceptors (Lipinski definition) is 4. The maximum absolute atomic E-state index is 13.0. The van der Waals surface area contributed by atoms with Gasteiger partial charge >= 0.3 is 5.97 Å². The smallest absolute Gasteiger partial charge is 0.344 e. The molecule has 3 rings (SSSR count). The summed E-state index contributed by atoms with van der Waals surface area (Å²) in [6.07, 6.45) is 0. The van der Waals surface area contributed by atoms with Crippen LogP contribution in [0.1, 0.15) is 16.1 Å². The van der Waals surface area contributed by atoms with E-state index in [4.69, 9.17) is 9.47 Å². The van der Waals surface area contributed by atoms with Gasteiger partial charge in [-0.25, -0.2) is 9.18 Å². The van der Waals surface area contributed by atoms with Gasteiger partial charge in [0, 0.05) is 28.2 Å². The predicted molar refractivity (Wildman–Crippen MR) is 90.2 cm³/mol. The summed E-state index contributed by atoms with van der Waals surface area (Å²) in [5.41, 5.74) is 2.08. The Kier molecular flexibility index (Phi) is 4.79. The standard InChI is InChI=1S/C19H16FNO4/c1-12-19(15-7-2-3-8-16(15)21-12)17(22)10-25-18(23)11-24-14-6-4-5-13(20)9-14/h2-9,21H,10-11H2,1H3. The van der Waals surface area contributed by atoms with E-state index in [-0.39, 0.29) is 18.1 Å². The summed E-state index contributed by atoms with van der Waals surface area (Å²) in [6.45, 7) is 1.01. The van der Waals surface area contributed by atoms with Gasteiger partial charge in [0.15, 0.2) is 13.2 Å². The molecule has 0 aliphatic heterocycles. The number of halogens is 1. The summed E-state index contributed by atoms with van der Waals surface area (Å²) in [5, 5.41) is 0.789. The Bertz CT molecular complexity index is 932. The molecule has 0 unspecified atom stereocenters. The molecule has 6 heteroatoms. The minimum absolute atomic E-state index is 0.218. The zero-order valence-corrected chi connectivity index (χ0v) is 13.5. The van der Waals surface area contributed by atoms with E-state index in [1.807, 2.05) is 24.3 Å². The normalized spacial score (nSPS) is 10.6. The first-order valence-corrected chi connectivity index (χ1v) is 7.69. The molecule has 0 saturated heterocycles. The molecule has 25 heavy (non-hydrogen) atoms. The van der Waals surface area contributed by atoms with E-state index >= 15 is 0 Å². The van der Waals surface area contributed by atoms with E-state index in [1.165, 1.54) is 18.2 Å². The number of Topliss-reactive ketones (excluding diaryl/α,β-unsaturated/α-hetero) is 1. The largest absolute Gasteiger partial charge is 0.482 e. The molecule has 3 aromatic rings. The van der Waals surface area contributed by atoms with E-state index in [1.54, 1.807) is 6.92 Å². The highest BCUT2D eigenvalue weighted by Crippen LogP contribution is 2.22. The monoisotopic (exact) mass is 341 g/mol. The number of esters is 1. The molecule has 0 amide bonds. The number of para-hydroxylation sites is 1. The van der Waals surface area contributed by atoms with Gasteiger partial charge in [0.25, 0.3) is 0 Å². The van der Waals surface area contributed by atoms with E-state index in [0.717, 1.165) is 22.7 Å². The van der Waals surface area contributed by atoms with Crippen LogP contribution in [0.3, 0.4) is 0 Å². The van der Waals surface area contributed by atoms with Gasteiger partial charge in [0.2, 0.25) is 5.78 Å². The number of fused-ring (bicyclic) bond motifs is 1. The van der Waals surface area contributed by atoms with Crippen LogP contribution in [0.15, 0.2) is 48.5 Å². The summed E-state index contributed by atoms with van der Waals surface area (Å²) in [7, 11) is 0. The van der Waals surface area contributed by atoms with Crippen molar-refractivity contribution in [3.8, 4) is 5.75 Å². The lowest BCUT2D eigenvalue weighted by Crippen LogP contribution is -2.19. The number of benzene rings is 2. The molecule has 0 fully saturated rings. The Balaban J connectivity index is 1.58. The quantitative estimate of drug-likeness (QED) is 0.551. The molecule has 0 spiro atoms. The zero-order valence-electron chi connectivity index (χ0n) is 13.5. The van der Waals surface area contributed by atoms with Crippen LogP contribution in [0, 0.1) is 12.7 Å². The fourth-order valence-electron chi connectivity index (χ4n) is 2.59. The van der Waals surface area contributed by atoms with Gasteiger partial charge in [-0.15, -0.1) is 0 Å². The second-order valence-electron chi connectivity index (χ2n) is 5.50. The minimum atomic E-state index is -0.699. The van der Waals surface area contributed by atoms with Crippen molar-refractivity contribution in [3.05, 3.63) is 65.6 Å². The van der Waals surface area contributed by atoms with Crippen LogP contribution >= 0.6 is 0 Å². The van der Waals surface area contributed by atoms with Gasteiger partial charge in [0.05, 0.1) is 0 Å². The maximum Gasteiger partial charge on any atom is 0.344 e. The number of ketones is 1. The van der Waals surface area contributed by atoms with Gasteiger partial charge in [-0.05, 0) is 25.1 Å². The second-order valence-corrected chi connectivity index (χ2v) is 5.50. The van der Waals surface area contributed by atoms with Crippen molar-refractivity contribution in [3.63, 3.8) is 0 Å². The molecule has 128 valence electrons. The number of hydrogen-bond donors (Lipinski definition) is 1. The molecule has 0 atom stereocenters. The summed E-state index contributed by atoms with van der Waals surface area (Å²) < 4.78 is 23.1. The summed E-state index contributed by atoms with van der Waals surface area (Å²) in [4.78, 5) is 27.2. The van der Waals surface area contributed by atoms with Gasteiger partial charge in [-0.2, -0.15) is 0 Å². The van der Waals surface area contributed by atoms with Crippen LogP contribution in [0.25, 0.3) is 10.9 Å². The zero-order chi connectivity index (χ0) is 17.8. The highest BCUT2D eigenvalue weighted by Gasteiger charge is 2.17. The number of nitrogens with one attached hydrogen (secondary N) is 1. The first-order valence-electron chi connectivity index (χ1n) is 7.69. The van der Waals surface area contributed by atoms with Crippen molar-refractivity contribution >= 4 is 22.7 Å². The van der Waals surface area contributed by atoms with Crippen LogP contribution in [-0.2, 0) is 9.53 Å². The van der Waals surface area contributed by atoms with Gasteiger partial charge < -0.3 is 14.5 Å². The Morgan fingerprint density at radius 2 is 1.88 bits per heavy atom. The van der Waals surface area contributed by atoms with Crippen molar-refractivity contribution < 1.29 is 23.5 Å². The molecule has 0 saturated carbocycles. The Labute approximate surface area is 143 Å². The maximum atomic E-state index is 13.0. The highest BCUT2D eigenvalue weighted by atomic mass is 19.1. The van der Waals surface area contributed by atoms with E-state index in [0.29, 0.717) is 5.56 Å². The van der Waals surface area contributed by atoms with Gasteiger partial charge in [0.1, 0.15) is 11.6 Å². The number of carbonyl (C=O) groups is 2. The Morgan fingerprint density at radius 3 is 2.68 bits per heavy atom. The fourth-order valence-corrected chi connectivity index (χ4v) is 2.59. The third kappa shape index (κ3) is 3.85. The summed E-state index contributed by atoms with van der Waals surface area (Å²) in [5.74, 6) is -1.24. The number of aromatic amines is 1. The lowest BCUT2D eigenvalue weighted by molar-refractivity contribution is -0.144. The average molecular weight is 341 g/mol. The van der Waals surface area contributed by atoms with Gasteiger partial charge in [-0.3, -0.25) is 4.79 Å². The SMILES string of the molecule is Cc1[nH]c2ccccc2c1C(=O)COC(=O)COc1cccc(F)c1. The highest BCUT2D eigenvalue weighted by molar-refractivity contribution is 6.10.